The van der Waals surface area contributed by atoms with E-state index >= 15 is 0 Å². The molecule has 0 bridgehead atoms. The molecule has 0 saturated carbocycles. The molecule has 1 atom stereocenters. The molecule has 2 N–H and O–H groups in total. The fourth-order valence-electron chi connectivity index (χ4n) is 0.981. The van der Waals surface area contributed by atoms with Gasteiger partial charge in [-0.15, -0.1) is 0 Å². The van der Waals surface area contributed by atoms with Crippen molar-refractivity contribution in [3.05, 3.63) is 22.9 Å². The summed E-state index contributed by atoms with van der Waals surface area (Å²) < 4.78 is 1.46. The van der Waals surface area contributed by atoms with Crippen molar-refractivity contribution in [2.24, 2.45) is 5.92 Å². The molecule has 72 valence electrons. The third-order valence-electron chi connectivity index (χ3n) is 1.95. The van der Waals surface area contributed by atoms with Crippen LogP contribution < -0.4 is 5.69 Å². The van der Waals surface area contributed by atoms with Gasteiger partial charge in [-0.05, 0) is 6.42 Å². The summed E-state index contributed by atoms with van der Waals surface area (Å²) in [5, 5.41) is 8.58. The van der Waals surface area contributed by atoms with Crippen molar-refractivity contribution in [2.75, 3.05) is 0 Å². The molecular weight excluding hydrogens is 172 g/mol. The first kappa shape index (κ1) is 9.57. The van der Waals surface area contributed by atoms with Crippen LogP contribution in [-0.2, 0) is 11.3 Å². The zero-order chi connectivity index (χ0) is 9.84. The Morgan fingerprint density at radius 2 is 2.46 bits per heavy atom. The highest BCUT2D eigenvalue weighted by molar-refractivity contribution is 5.69. The van der Waals surface area contributed by atoms with E-state index in [1.54, 1.807) is 13.1 Å². The third kappa shape index (κ3) is 2.47. The summed E-state index contributed by atoms with van der Waals surface area (Å²) in [7, 11) is 0. The second-order valence-electron chi connectivity index (χ2n) is 2.99. The number of nitrogens with one attached hydrogen (secondary N) is 1. The van der Waals surface area contributed by atoms with Crippen molar-refractivity contribution in [3.63, 3.8) is 0 Å². The number of aromatic nitrogens is 2. The summed E-state index contributed by atoms with van der Waals surface area (Å²) in [4.78, 5) is 23.9. The molecule has 0 aromatic carbocycles. The number of aryl methyl sites for hydroxylation is 1. The minimum Gasteiger partial charge on any atom is -0.481 e. The lowest BCUT2D eigenvalue weighted by molar-refractivity contribution is -0.141. The zero-order valence-electron chi connectivity index (χ0n) is 7.36. The summed E-state index contributed by atoms with van der Waals surface area (Å²) >= 11 is 0. The van der Waals surface area contributed by atoms with Crippen LogP contribution in [0.3, 0.4) is 0 Å². The lowest BCUT2D eigenvalue weighted by Crippen LogP contribution is -2.19. The van der Waals surface area contributed by atoms with E-state index in [1.807, 2.05) is 0 Å². The van der Waals surface area contributed by atoms with E-state index in [9.17, 15) is 9.59 Å². The Morgan fingerprint density at radius 3 is 2.92 bits per heavy atom. The van der Waals surface area contributed by atoms with Crippen LogP contribution in [0.5, 0.6) is 0 Å². The van der Waals surface area contributed by atoms with Gasteiger partial charge in [0.15, 0.2) is 0 Å². The second kappa shape index (κ2) is 3.93. The van der Waals surface area contributed by atoms with Gasteiger partial charge in [0.25, 0.3) is 0 Å². The molecule has 0 fully saturated rings. The normalized spacial score (nSPS) is 12.7. The number of imidazole rings is 1. The van der Waals surface area contributed by atoms with Gasteiger partial charge in [0.2, 0.25) is 0 Å². The van der Waals surface area contributed by atoms with Crippen LogP contribution >= 0.6 is 0 Å². The number of hydrogen-bond donors (Lipinski definition) is 2. The lowest BCUT2D eigenvalue weighted by Gasteiger charge is -2.04. The molecule has 1 heterocycles. The van der Waals surface area contributed by atoms with Crippen LogP contribution in [0, 0.1) is 5.92 Å². The topological polar surface area (TPSA) is 75.1 Å². The third-order valence-corrected chi connectivity index (χ3v) is 1.95. The Bertz CT molecular complexity index is 339. The molecule has 1 unspecified atom stereocenters. The van der Waals surface area contributed by atoms with E-state index in [0.717, 1.165) is 0 Å². The number of rotatable bonds is 4. The Kier molecular flexibility index (Phi) is 2.89. The van der Waals surface area contributed by atoms with Crippen LogP contribution in [0.2, 0.25) is 0 Å². The molecule has 5 heteroatoms. The van der Waals surface area contributed by atoms with Gasteiger partial charge in [-0.25, -0.2) is 4.79 Å². The number of carboxylic acids is 1. The number of aromatic amines is 1. The Balaban J connectivity index is 2.48. The van der Waals surface area contributed by atoms with Gasteiger partial charge >= 0.3 is 11.7 Å². The maximum Gasteiger partial charge on any atom is 0.325 e. The van der Waals surface area contributed by atoms with Gasteiger partial charge < -0.3 is 10.1 Å². The molecule has 1 rings (SSSR count). The van der Waals surface area contributed by atoms with E-state index in [0.29, 0.717) is 13.0 Å². The molecule has 0 aliphatic carbocycles. The molecule has 13 heavy (non-hydrogen) atoms. The van der Waals surface area contributed by atoms with Gasteiger partial charge in [-0.3, -0.25) is 9.36 Å². The molecule has 0 radical (unpaired) electrons. The van der Waals surface area contributed by atoms with Crippen molar-refractivity contribution in [2.45, 2.75) is 19.9 Å². The smallest absolute Gasteiger partial charge is 0.325 e. The second-order valence-corrected chi connectivity index (χ2v) is 2.99. The average Bonchev–Trinajstić information content (AvgIpc) is 2.47. The van der Waals surface area contributed by atoms with E-state index in [2.05, 4.69) is 4.98 Å². The van der Waals surface area contributed by atoms with E-state index in [4.69, 9.17) is 5.11 Å². The predicted octanol–water partition coefficient (Wildman–Crippen LogP) is 0.287. The number of nitrogens with zero attached hydrogens (tertiary/aromatic N) is 1. The molecule has 0 saturated heterocycles. The highest BCUT2D eigenvalue weighted by atomic mass is 16.4. The van der Waals surface area contributed by atoms with Crippen molar-refractivity contribution >= 4 is 5.97 Å². The van der Waals surface area contributed by atoms with E-state index in [1.165, 1.54) is 10.8 Å². The lowest BCUT2D eigenvalue weighted by atomic mass is 10.1. The average molecular weight is 184 g/mol. The Hall–Kier alpha value is -1.52. The maximum absolute atomic E-state index is 11.0. The van der Waals surface area contributed by atoms with E-state index < -0.39 is 11.9 Å². The van der Waals surface area contributed by atoms with Crippen LogP contribution in [0.15, 0.2) is 17.2 Å². The molecule has 0 spiro atoms. The largest absolute Gasteiger partial charge is 0.481 e. The molecular formula is C8H12N2O3. The fraction of sp³-hybridized carbons (Fsp3) is 0.500. The van der Waals surface area contributed by atoms with Gasteiger partial charge in [0.1, 0.15) is 0 Å². The van der Waals surface area contributed by atoms with Crippen molar-refractivity contribution in [1.29, 1.82) is 0 Å². The molecule has 0 amide bonds. The van der Waals surface area contributed by atoms with Crippen LogP contribution in [0.1, 0.15) is 13.3 Å². The Morgan fingerprint density at radius 1 is 1.77 bits per heavy atom. The quantitative estimate of drug-likeness (QED) is 0.706. The number of hydrogen-bond acceptors (Lipinski definition) is 2. The highest BCUT2D eigenvalue weighted by Crippen LogP contribution is 2.02. The van der Waals surface area contributed by atoms with Gasteiger partial charge in [0, 0.05) is 18.9 Å². The molecule has 0 aliphatic rings. The SMILES string of the molecule is CC(CCn1cc[nH]c1=O)C(=O)O. The molecule has 1 aromatic heterocycles. The van der Waals surface area contributed by atoms with Gasteiger partial charge in [-0.1, -0.05) is 6.92 Å². The number of H-pyrrole nitrogens is 1. The first-order valence-corrected chi connectivity index (χ1v) is 4.08. The summed E-state index contributed by atoms with van der Waals surface area (Å²) in [6.45, 7) is 2.07. The van der Waals surface area contributed by atoms with Crippen LogP contribution in [0.25, 0.3) is 0 Å². The minimum atomic E-state index is -0.830. The van der Waals surface area contributed by atoms with Gasteiger partial charge in [-0.2, -0.15) is 0 Å². The molecule has 5 nitrogen and oxygen atoms in total. The highest BCUT2D eigenvalue weighted by Gasteiger charge is 2.10. The fourth-order valence-corrected chi connectivity index (χ4v) is 0.981. The zero-order valence-corrected chi connectivity index (χ0v) is 7.36. The Labute approximate surface area is 75.0 Å². The van der Waals surface area contributed by atoms with Crippen molar-refractivity contribution in [3.8, 4) is 0 Å². The predicted molar refractivity (Wildman–Crippen MR) is 46.5 cm³/mol. The summed E-state index contributed by atoms with van der Waals surface area (Å²) in [6, 6.07) is 0. The summed E-state index contributed by atoms with van der Waals surface area (Å²) in [5.74, 6) is -1.25. The maximum atomic E-state index is 11.0. The van der Waals surface area contributed by atoms with Crippen molar-refractivity contribution in [1.82, 2.24) is 9.55 Å². The monoisotopic (exact) mass is 184 g/mol. The van der Waals surface area contributed by atoms with Crippen molar-refractivity contribution < 1.29 is 9.90 Å². The number of carbonyl (C=O) groups is 1. The summed E-state index contributed by atoms with van der Waals surface area (Å²) in [5.41, 5.74) is -0.197. The molecule has 0 aliphatic heterocycles. The number of carboxylic acid groups (broad SMARTS) is 1. The van der Waals surface area contributed by atoms with Gasteiger partial charge in [0.05, 0.1) is 5.92 Å². The van der Waals surface area contributed by atoms with E-state index in [-0.39, 0.29) is 5.69 Å². The summed E-state index contributed by atoms with van der Waals surface area (Å²) in [6.07, 6.45) is 3.61. The number of aliphatic carboxylic acids is 1. The van der Waals surface area contributed by atoms with Crippen LogP contribution in [-0.4, -0.2) is 20.6 Å². The first-order valence-electron chi connectivity index (χ1n) is 4.08. The van der Waals surface area contributed by atoms with Crippen LogP contribution in [0.4, 0.5) is 0 Å². The molecule has 1 aromatic rings. The first-order chi connectivity index (χ1) is 6.11. The standard InChI is InChI=1S/C8H12N2O3/c1-6(7(11)12)2-4-10-5-3-9-8(10)13/h3,5-6H,2,4H2,1H3,(H,9,13)(H,11,12). The minimum absolute atomic E-state index is 0.197.